The van der Waals surface area contributed by atoms with Gasteiger partial charge in [0.2, 0.25) is 5.91 Å². The van der Waals surface area contributed by atoms with E-state index in [9.17, 15) is 14.9 Å². The lowest BCUT2D eigenvalue weighted by molar-refractivity contribution is -0.383. The lowest BCUT2D eigenvalue weighted by Gasteiger charge is -2.16. The van der Waals surface area contributed by atoms with Crippen LogP contribution >= 0.6 is 0 Å². The molecule has 1 aromatic carbocycles. The third kappa shape index (κ3) is 6.16. The zero-order chi connectivity index (χ0) is 18.1. The molecule has 0 unspecified atom stereocenters. The Morgan fingerprint density at radius 3 is 2.46 bits per heavy atom. The van der Waals surface area contributed by atoms with Crippen LogP contribution in [0.1, 0.15) is 33.6 Å². The predicted molar refractivity (Wildman–Crippen MR) is 95.6 cm³/mol. The number of amides is 1. The van der Waals surface area contributed by atoms with E-state index in [2.05, 4.69) is 12.2 Å². The van der Waals surface area contributed by atoms with Gasteiger partial charge in [0.25, 0.3) is 5.69 Å². The van der Waals surface area contributed by atoms with Gasteiger partial charge in [-0.2, -0.15) is 0 Å². The molecule has 7 nitrogen and oxygen atoms in total. The Morgan fingerprint density at radius 1 is 1.42 bits per heavy atom. The standard InChI is InChI=1S/C11H15N3O3.C6H12O/c1-4-12-10-6-5-9(13(3)8(2)15)7-11(10)14(16)17;1-6-2-4-7-5-3-6/h5-7,12H,4H2,1-3H3;6H,2-5H2,1H3. The summed E-state index contributed by atoms with van der Waals surface area (Å²) in [6.07, 6.45) is 2.53. The molecule has 0 spiro atoms. The van der Waals surface area contributed by atoms with E-state index in [0.717, 1.165) is 19.1 Å². The quantitative estimate of drug-likeness (QED) is 0.672. The highest BCUT2D eigenvalue weighted by atomic mass is 16.6. The fraction of sp³-hybridized carbons (Fsp3) is 0.588. The van der Waals surface area contributed by atoms with Crippen molar-refractivity contribution >= 4 is 23.0 Å². The van der Waals surface area contributed by atoms with Crippen LogP contribution in [0.25, 0.3) is 0 Å². The van der Waals surface area contributed by atoms with Crippen molar-refractivity contribution in [3.8, 4) is 0 Å². The molecule has 2 rings (SSSR count). The summed E-state index contributed by atoms with van der Waals surface area (Å²) >= 11 is 0. The van der Waals surface area contributed by atoms with Crippen molar-refractivity contribution in [3.63, 3.8) is 0 Å². The number of nitrogens with one attached hydrogen (secondary N) is 1. The van der Waals surface area contributed by atoms with Crippen LogP contribution in [0.3, 0.4) is 0 Å². The van der Waals surface area contributed by atoms with Gasteiger partial charge in [0.1, 0.15) is 5.69 Å². The van der Waals surface area contributed by atoms with Crippen molar-refractivity contribution in [1.82, 2.24) is 0 Å². The molecule has 0 aromatic heterocycles. The van der Waals surface area contributed by atoms with Crippen LogP contribution in [-0.4, -0.2) is 37.6 Å². The summed E-state index contributed by atoms with van der Waals surface area (Å²) in [5.41, 5.74) is 0.932. The van der Waals surface area contributed by atoms with Gasteiger partial charge in [-0.15, -0.1) is 0 Å². The number of hydrogen-bond acceptors (Lipinski definition) is 5. The number of rotatable bonds is 4. The molecular formula is C17H27N3O4. The number of hydrogen-bond donors (Lipinski definition) is 1. The first kappa shape index (κ1) is 19.9. The summed E-state index contributed by atoms with van der Waals surface area (Å²) in [5.74, 6) is 0.740. The van der Waals surface area contributed by atoms with Gasteiger partial charge in [0, 0.05) is 39.8 Å². The number of nitro benzene ring substituents is 1. The number of anilines is 2. The van der Waals surface area contributed by atoms with E-state index in [1.165, 1.54) is 30.7 Å². The molecule has 1 aliphatic heterocycles. The first-order chi connectivity index (χ1) is 11.4. The smallest absolute Gasteiger partial charge is 0.294 e. The number of carbonyl (C=O) groups is 1. The highest BCUT2D eigenvalue weighted by Gasteiger charge is 2.16. The Labute approximate surface area is 143 Å². The van der Waals surface area contributed by atoms with Gasteiger partial charge in [0.15, 0.2) is 0 Å². The first-order valence-corrected chi connectivity index (χ1v) is 8.21. The Morgan fingerprint density at radius 2 is 2.04 bits per heavy atom. The van der Waals surface area contributed by atoms with Crippen molar-refractivity contribution in [1.29, 1.82) is 0 Å². The Hall–Kier alpha value is -2.15. The molecular weight excluding hydrogens is 310 g/mol. The SMILES string of the molecule is CC1CCOCC1.CCNc1ccc(N(C)C(C)=O)cc1[N+](=O)[O-]. The second kappa shape index (κ2) is 9.87. The molecule has 0 saturated carbocycles. The maximum absolute atomic E-state index is 11.2. The molecule has 1 aromatic rings. The van der Waals surface area contributed by atoms with E-state index in [-0.39, 0.29) is 11.6 Å². The molecule has 7 heteroatoms. The van der Waals surface area contributed by atoms with Crippen LogP contribution in [-0.2, 0) is 9.53 Å². The summed E-state index contributed by atoms with van der Waals surface area (Å²) in [7, 11) is 1.58. The molecule has 1 saturated heterocycles. The van der Waals surface area contributed by atoms with Gasteiger partial charge in [-0.1, -0.05) is 6.92 Å². The lowest BCUT2D eigenvalue weighted by Crippen LogP contribution is -2.22. The molecule has 1 N–H and O–H groups in total. The summed E-state index contributed by atoms with van der Waals surface area (Å²) < 4.78 is 5.14. The topological polar surface area (TPSA) is 84.7 Å². The number of carbonyl (C=O) groups excluding carboxylic acids is 1. The lowest BCUT2D eigenvalue weighted by atomic mass is 10.0. The van der Waals surface area contributed by atoms with Gasteiger partial charge < -0.3 is 15.0 Å². The van der Waals surface area contributed by atoms with Gasteiger partial charge >= 0.3 is 0 Å². The van der Waals surface area contributed by atoms with E-state index in [0.29, 0.717) is 17.9 Å². The largest absolute Gasteiger partial charge is 0.381 e. The monoisotopic (exact) mass is 337 g/mol. The molecule has 0 bridgehead atoms. The van der Waals surface area contributed by atoms with Crippen LogP contribution in [0.5, 0.6) is 0 Å². The average Bonchev–Trinajstić information content (AvgIpc) is 2.56. The molecule has 24 heavy (non-hydrogen) atoms. The molecule has 0 aliphatic carbocycles. The Bertz CT molecular complexity index is 557. The number of ether oxygens (including phenoxy) is 1. The fourth-order valence-corrected chi connectivity index (χ4v) is 2.22. The Kier molecular flexibility index (Phi) is 8.18. The van der Waals surface area contributed by atoms with E-state index in [4.69, 9.17) is 4.74 Å². The van der Waals surface area contributed by atoms with Crippen LogP contribution < -0.4 is 10.2 Å². The minimum absolute atomic E-state index is 0.0301. The second-order valence-electron chi connectivity index (χ2n) is 5.86. The summed E-state index contributed by atoms with van der Waals surface area (Å²) in [6, 6.07) is 4.67. The molecule has 1 fully saturated rings. The normalized spacial score (nSPS) is 14.3. The van der Waals surface area contributed by atoms with E-state index in [1.54, 1.807) is 19.2 Å². The van der Waals surface area contributed by atoms with Gasteiger partial charge in [-0.3, -0.25) is 14.9 Å². The summed E-state index contributed by atoms with van der Waals surface area (Å²) in [6.45, 7) is 8.12. The highest BCUT2D eigenvalue weighted by molar-refractivity contribution is 5.91. The fourth-order valence-electron chi connectivity index (χ4n) is 2.22. The summed E-state index contributed by atoms with van der Waals surface area (Å²) in [5, 5.41) is 13.8. The molecule has 0 atom stereocenters. The zero-order valence-electron chi connectivity index (χ0n) is 14.9. The van der Waals surface area contributed by atoms with Crippen LogP contribution in [0.2, 0.25) is 0 Å². The third-order valence-electron chi connectivity index (χ3n) is 3.91. The minimum Gasteiger partial charge on any atom is -0.381 e. The van der Waals surface area contributed by atoms with Crippen molar-refractivity contribution < 1.29 is 14.5 Å². The number of nitrogens with zero attached hydrogens (tertiary/aromatic N) is 2. The van der Waals surface area contributed by atoms with Crippen molar-refractivity contribution in [2.24, 2.45) is 5.92 Å². The van der Waals surface area contributed by atoms with Crippen molar-refractivity contribution in [3.05, 3.63) is 28.3 Å². The number of benzene rings is 1. The molecule has 134 valence electrons. The second-order valence-corrected chi connectivity index (χ2v) is 5.86. The van der Waals surface area contributed by atoms with E-state index in [1.807, 2.05) is 6.92 Å². The van der Waals surface area contributed by atoms with Crippen molar-refractivity contribution in [2.45, 2.75) is 33.6 Å². The van der Waals surface area contributed by atoms with Gasteiger partial charge in [0.05, 0.1) is 10.6 Å². The maximum Gasteiger partial charge on any atom is 0.294 e. The molecule has 1 aliphatic rings. The van der Waals surface area contributed by atoms with Crippen molar-refractivity contribution in [2.75, 3.05) is 37.0 Å². The van der Waals surface area contributed by atoms with Crippen LogP contribution in [0.15, 0.2) is 18.2 Å². The minimum atomic E-state index is -0.463. The molecule has 0 radical (unpaired) electrons. The number of nitro groups is 1. The van der Waals surface area contributed by atoms with E-state index < -0.39 is 4.92 Å². The summed E-state index contributed by atoms with van der Waals surface area (Å²) in [4.78, 5) is 23.0. The predicted octanol–water partition coefficient (Wildman–Crippen LogP) is 3.44. The first-order valence-electron chi connectivity index (χ1n) is 8.21. The highest BCUT2D eigenvalue weighted by Crippen LogP contribution is 2.29. The van der Waals surface area contributed by atoms with Crippen LogP contribution in [0.4, 0.5) is 17.1 Å². The van der Waals surface area contributed by atoms with Gasteiger partial charge in [-0.25, -0.2) is 0 Å². The molecule has 1 amide bonds. The Balaban J connectivity index is 0.000000341. The van der Waals surface area contributed by atoms with Crippen LogP contribution in [0, 0.1) is 16.0 Å². The molecule has 1 heterocycles. The van der Waals surface area contributed by atoms with E-state index >= 15 is 0 Å². The zero-order valence-corrected chi connectivity index (χ0v) is 14.9. The third-order valence-corrected chi connectivity index (χ3v) is 3.91. The maximum atomic E-state index is 11.2. The average molecular weight is 337 g/mol. The van der Waals surface area contributed by atoms with Gasteiger partial charge in [-0.05, 0) is 37.8 Å².